The van der Waals surface area contributed by atoms with Crippen LogP contribution in [0.1, 0.15) is 13.3 Å². The number of rotatable bonds is 6. The second-order valence-electron chi connectivity index (χ2n) is 2.99. The summed E-state index contributed by atoms with van der Waals surface area (Å²) in [6, 6.07) is 0.124. The van der Waals surface area contributed by atoms with Crippen LogP contribution in [0, 0.1) is 0 Å². The number of halogens is 1. The van der Waals surface area contributed by atoms with Crippen molar-refractivity contribution in [2.24, 2.45) is 0 Å². The average molecular weight is 261 g/mol. The van der Waals surface area contributed by atoms with Crippen molar-refractivity contribution in [2.75, 3.05) is 25.6 Å². The molecule has 0 aliphatic carbocycles. The highest BCUT2D eigenvalue weighted by molar-refractivity contribution is 6.28. The number of aromatic nitrogens is 3. The van der Waals surface area contributed by atoms with Crippen LogP contribution in [0.2, 0.25) is 5.28 Å². The lowest BCUT2D eigenvalue weighted by Crippen LogP contribution is -2.17. The van der Waals surface area contributed by atoms with Crippen LogP contribution in [0.25, 0.3) is 0 Å². The molecule has 0 spiro atoms. The molecule has 0 aliphatic heterocycles. The highest BCUT2D eigenvalue weighted by atomic mass is 35.5. The molecule has 0 saturated carbocycles. The summed E-state index contributed by atoms with van der Waals surface area (Å²) >= 11 is 5.68. The molecule has 8 heteroatoms. The molecule has 0 saturated heterocycles. The summed E-state index contributed by atoms with van der Waals surface area (Å²) in [5.41, 5.74) is 0. The van der Waals surface area contributed by atoms with Gasteiger partial charge in [0.2, 0.25) is 11.2 Å². The van der Waals surface area contributed by atoms with Gasteiger partial charge in [-0.15, -0.1) is 0 Å². The Bertz CT molecular complexity index is 389. The third-order valence-corrected chi connectivity index (χ3v) is 1.81. The number of hydrogen-bond donors (Lipinski definition) is 1. The number of esters is 1. The van der Waals surface area contributed by atoms with E-state index in [1.165, 1.54) is 7.11 Å². The van der Waals surface area contributed by atoms with Gasteiger partial charge in [-0.2, -0.15) is 15.0 Å². The molecule has 1 rings (SSSR count). The lowest BCUT2D eigenvalue weighted by atomic mass is 10.5. The number of carbonyl (C=O) groups excluding carboxylic acids is 1. The number of carbonyl (C=O) groups is 1. The van der Waals surface area contributed by atoms with Crippen molar-refractivity contribution in [2.45, 2.75) is 13.3 Å². The molecule has 17 heavy (non-hydrogen) atoms. The van der Waals surface area contributed by atoms with Crippen LogP contribution in [0.3, 0.4) is 0 Å². The lowest BCUT2D eigenvalue weighted by Gasteiger charge is -2.06. The first kappa shape index (κ1) is 13.4. The van der Waals surface area contributed by atoms with E-state index in [2.05, 4.69) is 25.0 Å². The molecule has 7 nitrogen and oxygen atoms in total. The van der Waals surface area contributed by atoms with Crippen molar-refractivity contribution in [1.29, 1.82) is 0 Å². The van der Waals surface area contributed by atoms with Crippen LogP contribution in [0.4, 0.5) is 5.95 Å². The summed E-state index contributed by atoms with van der Waals surface area (Å²) in [4.78, 5) is 22.4. The molecule has 1 aromatic heterocycles. The molecule has 0 amide bonds. The van der Waals surface area contributed by atoms with E-state index in [1.807, 2.05) is 6.92 Å². The van der Waals surface area contributed by atoms with Gasteiger partial charge in [-0.25, -0.2) is 0 Å². The van der Waals surface area contributed by atoms with E-state index in [4.69, 9.17) is 16.3 Å². The van der Waals surface area contributed by atoms with E-state index in [0.29, 0.717) is 6.61 Å². The number of ether oxygens (including phenoxy) is 2. The normalized spacial score (nSPS) is 9.82. The minimum atomic E-state index is -0.433. The summed E-state index contributed by atoms with van der Waals surface area (Å²) in [6.07, 6.45) is 0.828. The molecule has 0 unspecified atom stereocenters. The van der Waals surface area contributed by atoms with Crippen molar-refractivity contribution in [3.8, 4) is 6.01 Å². The number of anilines is 1. The highest BCUT2D eigenvalue weighted by Gasteiger charge is 2.07. The van der Waals surface area contributed by atoms with Crippen LogP contribution in [-0.2, 0) is 9.53 Å². The van der Waals surface area contributed by atoms with Gasteiger partial charge in [0.05, 0.1) is 13.7 Å². The van der Waals surface area contributed by atoms with Crippen molar-refractivity contribution in [1.82, 2.24) is 15.0 Å². The van der Waals surface area contributed by atoms with E-state index in [0.717, 1.165) is 6.42 Å². The average Bonchev–Trinajstić information content (AvgIpc) is 2.32. The van der Waals surface area contributed by atoms with Gasteiger partial charge < -0.3 is 14.8 Å². The zero-order chi connectivity index (χ0) is 12.7. The minimum Gasteiger partial charge on any atom is -0.468 e. The van der Waals surface area contributed by atoms with E-state index < -0.39 is 5.97 Å². The Kier molecular flexibility index (Phi) is 5.41. The molecule has 0 bridgehead atoms. The minimum absolute atomic E-state index is 0.00142. The largest absolute Gasteiger partial charge is 0.468 e. The van der Waals surface area contributed by atoms with Gasteiger partial charge in [-0.05, 0) is 18.0 Å². The molecule has 0 radical (unpaired) electrons. The van der Waals surface area contributed by atoms with Crippen LogP contribution < -0.4 is 10.1 Å². The number of methoxy groups -OCH3 is 1. The van der Waals surface area contributed by atoms with Crippen LogP contribution in [0.5, 0.6) is 6.01 Å². The zero-order valence-electron chi connectivity index (χ0n) is 9.57. The van der Waals surface area contributed by atoms with Crippen LogP contribution >= 0.6 is 11.6 Å². The predicted octanol–water partition coefficient (Wildman–Crippen LogP) is 0.899. The predicted molar refractivity (Wildman–Crippen MR) is 61.1 cm³/mol. The Morgan fingerprint density at radius 1 is 1.41 bits per heavy atom. The van der Waals surface area contributed by atoms with Gasteiger partial charge in [0.1, 0.15) is 6.54 Å². The number of hydrogen-bond acceptors (Lipinski definition) is 7. The quantitative estimate of drug-likeness (QED) is 0.761. The van der Waals surface area contributed by atoms with Gasteiger partial charge in [0, 0.05) is 0 Å². The maximum absolute atomic E-state index is 10.9. The Morgan fingerprint density at radius 2 is 2.18 bits per heavy atom. The number of nitrogens with one attached hydrogen (secondary N) is 1. The molecule has 0 aromatic carbocycles. The van der Waals surface area contributed by atoms with Gasteiger partial charge in [0.15, 0.2) is 0 Å². The second kappa shape index (κ2) is 6.85. The molecule has 94 valence electrons. The van der Waals surface area contributed by atoms with Crippen molar-refractivity contribution >= 4 is 23.5 Å². The second-order valence-corrected chi connectivity index (χ2v) is 3.33. The molecule has 1 heterocycles. The van der Waals surface area contributed by atoms with Crippen molar-refractivity contribution in [3.63, 3.8) is 0 Å². The third kappa shape index (κ3) is 4.81. The maximum atomic E-state index is 10.9. The fourth-order valence-electron chi connectivity index (χ4n) is 0.892. The first-order chi connectivity index (χ1) is 8.15. The van der Waals surface area contributed by atoms with Crippen molar-refractivity contribution in [3.05, 3.63) is 5.28 Å². The lowest BCUT2D eigenvalue weighted by molar-refractivity contribution is -0.138. The maximum Gasteiger partial charge on any atom is 0.325 e. The summed E-state index contributed by atoms with van der Waals surface area (Å²) in [5.74, 6) is -0.265. The summed E-state index contributed by atoms with van der Waals surface area (Å²) in [5, 5.41) is 2.65. The van der Waals surface area contributed by atoms with Crippen LogP contribution in [-0.4, -0.2) is 41.2 Å². The van der Waals surface area contributed by atoms with E-state index in [1.54, 1.807) is 0 Å². The Labute approximate surface area is 104 Å². The number of nitrogens with zero attached hydrogens (tertiary/aromatic N) is 3. The van der Waals surface area contributed by atoms with Gasteiger partial charge in [-0.3, -0.25) is 4.79 Å². The van der Waals surface area contributed by atoms with Gasteiger partial charge in [-0.1, -0.05) is 6.92 Å². The fraction of sp³-hybridized carbons (Fsp3) is 0.556. The first-order valence-electron chi connectivity index (χ1n) is 5.00. The SMILES string of the molecule is CCCOc1nc(Cl)nc(NCC(=O)OC)n1. The topological polar surface area (TPSA) is 86.2 Å². The molecule has 0 atom stereocenters. The van der Waals surface area contributed by atoms with E-state index >= 15 is 0 Å². The van der Waals surface area contributed by atoms with Crippen LogP contribution in [0.15, 0.2) is 0 Å². The third-order valence-electron chi connectivity index (χ3n) is 1.64. The standard InChI is InChI=1S/C9H13ClN4O3/c1-3-4-17-9-13-7(10)12-8(14-9)11-5-6(15)16-2/h3-5H2,1-2H3,(H,11,12,13,14). The fourth-order valence-corrected chi connectivity index (χ4v) is 1.04. The van der Waals surface area contributed by atoms with Gasteiger partial charge >= 0.3 is 12.0 Å². The molecule has 0 aliphatic rings. The molecular weight excluding hydrogens is 248 g/mol. The Balaban J connectivity index is 2.65. The zero-order valence-corrected chi connectivity index (χ0v) is 10.3. The van der Waals surface area contributed by atoms with E-state index in [-0.39, 0.29) is 23.8 Å². The Hall–Kier alpha value is -1.63. The van der Waals surface area contributed by atoms with Gasteiger partial charge in [0.25, 0.3) is 0 Å². The molecule has 1 aromatic rings. The molecular formula is C9H13ClN4O3. The summed E-state index contributed by atoms with van der Waals surface area (Å²) in [6.45, 7) is 2.39. The van der Waals surface area contributed by atoms with E-state index in [9.17, 15) is 4.79 Å². The first-order valence-corrected chi connectivity index (χ1v) is 5.38. The highest BCUT2D eigenvalue weighted by Crippen LogP contribution is 2.11. The summed E-state index contributed by atoms with van der Waals surface area (Å²) in [7, 11) is 1.29. The smallest absolute Gasteiger partial charge is 0.325 e. The molecule has 1 N–H and O–H groups in total. The summed E-state index contributed by atoms with van der Waals surface area (Å²) < 4.78 is 9.67. The van der Waals surface area contributed by atoms with Crippen molar-refractivity contribution < 1.29 is 14.3 Å². The monoisotopic (exact) mass is 260 g/mol. The Morgan fingerprint density at radius 3 is 2.82 bits per heavy atom. The molecule has 0 fully saturated rings.